The van der Waals surface area contributed by atoms with Crippen molar-refractivity contribution in [1.82, 2.24) is 10.2 Å². The molecule has 0 saturated carbocycles. The quantitative estimate of drug-likeness (QED) is 0.691. The van der Waals surface area contributed by atoms with Gasteiger partial charge in [0.05, 0.1) is 6.54 Å². The zero-order chi connectivity index (χ0) is 9.68. The molecule has 0 radical (unpaired) electrons. The number of nitrogens with one attached hydrogen (secondary N) is 1. The van der Waals surface area contributed by atoms with E-state index in [4.69, 9.17) is 0 Å². The van der Waals surface area contributed by atoms with Gasteiger partial charge in [-0.05, 0) is 52.4 Å². The number of piperidine rings is 1. The molecule has 0 unspecified atom stereocenters. The molecule has 1 rings (SSSR count). The van der Waals surface area contributed by atoms with Crippen LogP contribution in [0.5, 0.6) is 0 Å². The normalized spacial score (nSPS) is 20.5. The minimum atomic E-state index is 0.230. The van der Waals surface area contributed by atoms with Crippen LogP contribution in [-0.2, 0) is 4.79 Å². The Labute approximate surface area is 80.5 Å². The first-order valence-corrected chi connectivity index (χ1v) is 5.07. The lowest BCUT2D eigenvalue weighted by Gasteiger charge is -2.28. The third-order valence-corrected chi connectivity index (χ3v) is 2.65. The van der Waals surface area contributed by atoms with Crippen molar-refractivity contribution in [3.8, 4) is 0 Å². The number of rotatable bonds is 4. The number of hydrogen-bond acceptors (Lipinski definition) is 3. The van der Waals surface area contributed by atoms with Crippen molar-refractivity contribution in [3.05, 3.63) is 0 Å². The summed E-state index contributed by atoms with van der Waals surface area (Å²) in [6, 6.07) is 0. The summed E-state index contributed by atoms with van der Waals surface area (Å²) in [5.74, 6) is 1.00. The smallest absolute Gasteiger partial charge is 0.143 e. The summed E-state index contributed by atoms with van der Waals surface area (Å²) in [6.45, 7) is 5.57. The molecule has 0 aliphatic carbocycles. The van der Waals surface area contributed by atoms with Crippen LogP contribution in [0.25, 0.3) is 0 Å². The molecular weight excluding hydrogens is 164 g/mol. The van der Waals surface area contributed by atoms with E-state index in [0.29, 0.717) is 6.54 Å². The first-order valence-electron chi connectivity index (χ1n) is 5.07. The second-order valence-electron chi connectivity index (χ2n) is 4.08. The fraction of sp³-hybridized carbons (Fsp3) is 0.900. The number of likely N-dealkylation sites (tertiary alicyclic amines) is 1. The molecule has 0 spiro atoms. The van der Waals surface area contributed by atoms with Crippen LogP contribution in [0.3, 0.4) is 0 Å². The van der Waals surface area contributed by atoms with Gasteiger partial charge >= 0.3 is 0 Å². The van der Waals surface area contributed by atoms with Crippen LogP contribution in [0.15, 0.2) is 0 Å². The number of hydrogen-bond donors (Lipinski definition) is 1. The number of Topliss-reactive ketones (excluding diaryl/α,β-unsaturated/α-hetero) is 1. The number of carbonyl (C=O) groups excluding carboxylic acids is 1. The third-order valence-electron chi connectivity index (χ3n) is 2.65. The van der Waals surface area contributed by atoms with E-state index in [2.05, 4.69) is 17.3 Å². The van der Waals surface area contributed by atoms with Crippen LogP contribution >= 0.6 is 0 Å². The van der Waals surface area contributed by atoms with E-state index < -0.39 is 0 Å². The van der Waals surface area contributed by atoms with E-state index in [1.807, 2.05) is 0 Å². The van der Waals surface area contributed by atoms with Crippen molar-refractivity contribution in [3.63, 3.8) is 0 Å². The lowest BCUT2D eigenvalue weighted by atomic mass is 9.97. The molecule has 1 aliphatic heterocycles. The van der Waals surface area contributed by atoms with E-state index in [1.165, 1.54) is 25.9 Å². The van der Waals surface area contributed by atoms with Gasteiger partial charge in [0, 0.05) is 0 Å². The van der Waals surface area contributed by atoms with Gasteiger partial charge in [-0.3, -0.25) is 4.79 Å². The Morgan fingerprint density at radius 1 is 1.46 bits per heavy atom. The predicted octanol–water partition coefficient (Wildman–Crippen LogP) is 0.507. The Kier molecular flexibility index (Phi) is 4.39. The summed E-state index contributed by atoms with van der Waals surface area (Å²) in [5, 5.41) is 3.20. The van der Waals surface area contributed by atoms with Crippen molar-refractivity contribution < 1.29 is 4.79 Å². The highest BCUT2D eigenvalue weighted by Gasteiger charge is 2.15. The van der Waals surface area contributed by atoms with E-state index in [0.717, 1.165) is 12.5 Å². The van der Waals surface area contributed by atoms with Gasteiger partial charge in [-0.25, -0.2) is 0 Å². The van der Waals surface area contributed by atoms with Crippen molar-refractivity contribution in [1.29, 1.82) is 0 Å². The van der Waals surface area contributed by atoms with Gasteiger partial charge in [0.1, 0.15) is 5.78 Å². The Bertz CT molecular complexity index is 162. The molecule has 3 nitrogen and oxygen atoms in total. The fourth-order valence-electron chi connectivity index (χ4n) is 1.72. The molecular formula is C10H20N2O. The summed E-state index contributed by atoms with van der Waals surface area (Å²) in [6.07, 6.45) is 2.53. The first-order chi connectivity index (χ1) is 6.18. The highest BCUT2D eigenvalue weighted by atomic mass is 16.1. The minimum absolute atomic E-state index is 0.230. The predicted molar refractivity (Wildman–Crippen MR) is 53.8 cm³/mol. The average molecular weight is 184 g/mol. The van der Waals surface area contributed by atoms with Crippen LogP contribution in [0.4, 0.5) is 0 Å². The van der Waals surface area contributed by atoms with Gasteiger partial charge in [0.2, 0.25) is 0 Å². The van der Waals surface area contributed by atoms with Gasteiger partial charge < -0.3 is 10.2 Å². The minimum Gasteiger partial charge on any atom is -0.310 e. The lowest BCUT2D eigenvalue weighted by molar-refractivity contribution is -0.116. The molecule has 0 aromatic heterocycles. The summed E-state index contributed by atoms with van der Waals surface area (Å²) in [4.78, 5) is 13.0. The van der Waals surface area contributed by atoms with E-state index in [9.17, 15) is 4.79 Å². The standard InChI is InChI=1S/C10H20N2O/c1-9(13)7-11-8-10-3-5-12(2)6-4-10/h10-11H,3-8H2,1-2H3. The zero-order valence-electron chi connectivity index (χ0n) is 8.68. The molecule has 0 bridgehead atoms. The molecule has 0 atom stereocenters. The molecule has 3 heteroatoms. The zero-order valence-corrected chi connectivity index (χ0v) is 8.68. The van der Waals surface area contributed by atoms with Gasteiger partial charge in [-0.2, -0.15) is 0 Å². The van der Waals surface area contributed by atoms with Gasteiger partial charge in [0.15, 0.2) is 0 Å². The fourth-order valence-corrected chi connectivity index (χ4v) is 1.72. The van der Waals surface area contributed by atoms with Crippen molar-refractivity contribution in [2.45, 2.75) is 19.8 Å². The highest BCUT2D eigenvalue weighted by molar-refractivity contribution is 5.77. The molecule has 1 heterocycles. The van der Waals surface area contributed by atoms with E-state index in [-0.39, 0.29) is 5.78 Å². The Morgan fingerprint density at radius 2 is 2.08 bits per heavy atom. The van der Waals surface area contributed by atoms with Gasteiger partial charge in [0.25, 0.3) is 0 Å². The highest BCUT2D eigenvalue weighted by Crippen LogP contribution is 2.14. The molecule has 0 aromatic carbocycles. The summed E-state index contributed by atoms with van der Waals surface area (Å²) in [7, 11) is 2.17. The molecule has 76 valence electrons. The first kappa shape index (κ1) is 10.7. The maximum atomic E-state index is 10.7. The molecule has 1 fully saturated rings. The van der Waals surface area contributed by atoms with Crippen molar-refractivity contribution in [2.24, 2.45) is 5.92 Å². The summed E-state index contributed by atoms with van der Waals surface area (Å²) in [5.41, 5.74) is 0. The number of nitrogens with zero attached hydrogens (tertiary/aromatic N) is 1. The molecule has 0 amide bonds. The number of carbonyl (C=O) groups is 1. The Hall–Kier alpha value is -0.410. The second-order valence-corrected chi connectivity index (χ2v) is 4.08. The molecule has 0 aromatic rings. The largest absolute Gasteiger partial charge is 0.310 e. The maximum Gasteiger partial charge on any atom is 0.143 e. The van der Waals surface area contributed by atoms with E-state index >= 15 is 0 Å². The van der Waals surface area contributed by atoms with Crippen molar-refractivity contribution in [2.75, 3.05) is 33.2 Å². The average Bonchev–Trinajstić information content (AvgIpc) is 2.08. The third kappa shape index (κ3) is 4.39. The van der Waals surface area contributed by atoms with Crippen LogP contribution in [0, 0.1) is 5.92 Å². The topological polar surface area (TPSA) is 32.3 Å². The second kappa shape index (κ2) is 5.35. The SMILES string of the molecule is CC(=O)CNCC1CCN(C)CC1. The van der Waals surface area contributed by atoms with Crippen LogP contribution < -0.4 is 5.32 Å². The molecule has 13 heavy (non-hydrogen) atoms. The van der Waals surface area contributed by atoms with Gasteiger partial charge in [-0.15, -0.1) is 0 Å². The maximum absolute atomic E-state index is 10.7. The van der Waals surface area contributed by atoms with Crippen LogP contribution in [-0.4, -0.2) is 43.9 Å². The lowest BCUT2D eigenvalue weighted by Crippen LogP contribution is -2.36. The molecule has 1 aliphatic rings. The van der Waals surface area contributed by atoms with E-state index in [1.54, 1.807) is 6.92 Å². The monoisotopic (exact) mass is 184 g/mol. The number of ketones is 1. The van der Waals surface area contributed by atoms with Gasteiger partial charge in [-0.1, -0.05) is 0 Å². The summed E-state index contributed by atoms with van der Waals surface area (Å²) < 4.78 is 0. The Morgan fingerprint density at radius 3 is 2.62 bits per heavy atom. The molecule has 1 saturated heterocycles. The van der Waals surface area contributed by atoms with Crippen molar-refractivity contribution >= 4 is 5.78 Å². The summed E-state index contributed by atoms with van der Waals surface area (Å²) >= 11 is 0. The molecule has 1 N–H and O–H groups in total. The van der Waals surface area contributed by atoms with Crippen LogP contribution in [0.2, 0.25) is 0 Å². The Balaban J connectivity index is 2.05. The van der Waals surface area contributed by atoms with Crippen LogP contribution in [0.1, 0.15) is 19.8 Å².